The van der Waals surface area contributed by atoms with Crippen LogP contribution in [0.15, 0.2) is 66.2 Å². The highest BCUT2D eigenvalue weighted by Gasteiger charge is 2.37. The molecule has 0 bridgehead atoms. The highest BCUT2D eigenvalue weighted by Crippen LogP contribution is 2.31. The molecule has 1 saturated heterocycles. The number of anilines is 1. The number of nitrogens with one attached hydrogen (secondary N) is 1. The van der Waals surface area contributed by atoms with Gasteiger partial charge in [-0.2, -0.15) is 0 Å². The van der Waals surface area contributed by atoms with Gasteiger partial charge in [-0.1, -0.05) is 53.6 Å². The van der Waals surface area contributed by atoms with Gasteiger partial charge in [0.1, 0.15) is 12.2 Å². The minimum Gasteiger partial charge on any atom is -0.490 e. The number of benzene rings is 3. The molecule has 3 aromatic carbocycles. The molecule has 0 saturated carbocycles. The Morgan fingerprint density at radius 2 is 1.58 bits per heavy atom. The highest BCUT2D eigenvalue weighted by atomic mass is 16.5. The lowest BCUT2D eigenvalue weighted by molar-refractivity contribution is -0.122. The number of carbonyl (C=O) groups excluding carboxylic acids is 3. The molecule has 1 fully saturated rings. The second kappa shape index (κ2) is 10.5. The van der Waals surface area contributed by atoms with Crippen LogP contribution in [0.4, 0.5) is 10.5 Å². The number of amides is 4. The molecule has 4 amide bonds. The number of nitrogens with zero attached hydrogens (tertiary/aromatic N) is 1. The van der Waals surface area contributed by atoms with E-state index >= 15 is 0 Å². The van der Waals surface area contributed by atoms with Crippen LogP contribution in [-0.4, -0.2) is 24.5 Å². The van der Waals surface area contributed by atoms with Gasteiger partial charge in [0.05, 0.1) is 12.3 Å². The van der Waals surface area contributed by atoms with Crippen LogP contribution in [0.3, 0.4) is 0 Å². The maximum Gasteiger partial charge on any atom is 0.335 e. The van der Waals surface area contributed by atoms with E-state index in [-0.39, 0.29) is 5.57 Å². The van der Waals surface area contributed by atoms with Gasteiger partial charge in [-0.05, 0) is 68.7 Å². The monoisotopic (exact) mass is 484 g/mol. The van der Waals surface area contributed by atoms with Gasteiger partial charge in [0, 0.05) is 0 Å². The topological polar surface area (TPSA) is 84.9 Å². The number of barbiturate groups is 1. The van der Waals surface area contributed by atoms with Crippen molar-refractivity contribution in [1.29, 1.82) is 0 Å². The quantitative estimate of drug-likeness (QED) is 0.365. The van der Waals surface area contributed by atoms with Crippen LogP contribution in [0.5, 0.6) is 11.5 Å². The molecule has 0 unspecified atom stereocenters. The molecule has 0 atom stereocenters. The Hall–Kier alpha value is -4.39. The van der Waals surface area contributed by atoms with Crippen molar-refractivity contribution in [2.24, 2.45) is 0 Å². The Labute approximate surface area is 210 Å². The molecule has 1 aliphatic rings. The lowest BCUT2D eigenvalue weighted by atomic mass is 10.1. The molecule has 7 heteroatoms. The van der Waals surface area contributed by atoms with E-state index in [2.05, 4.69) is 23.5 Å². The summed E-state index contributed by atoms with van der Waals surface area (Å²) in [6.45, 7) is 8.53. The highest BCUT2D eigenvalue weighted by molar-refractivity contribution is 6.39. The SMILES string of the molecule is CCOc1cc(/C=C2\C(=O)NC(=O)N(c3ccccc3C)C2=O)ccc1OCc1cc(C)cc(C)c1. The van der Waals surface area contributed by atoms with Crippen LogP contribution >= 0.6 is 0 Å². The Morgan fingerprint density at radius 3 is 2.28 bits per heavy atom. The number of ether oxygens (including phenoxy) is 2. The second-order valence-corrected chi connectivity index (χ2v) is 8.67. The third kappa shape index (κ3) is 5.30. The fraction of sp³-hybridized carbons (Fsp3) is 0.207. The molecule has 7 nitrogen and oxygen atoms in total. The normalized spacial score (nSPS) is 14.7. The predicted octanol–water partition coefficient (Wildman–Crippen LogP) is 5.26. The van der Waals surface area contributed by atoms with Crippen LogP contribution in [0.25, 0.3) is 6.08 Å². The molecular weight excluding hydrogens is 456 g/mol. The van der Waals surface area contributed by atoms with E-state index in [1.54, 1.807) is 43.3 Å². The van der Waals surface area contributed by atoms with Gasteiger partial charge in [-0.25, -0.2) is 9.69 Å². The Bertz CT molecular complexity index is 1360. The molecule has 1 aliphatic heterocycles. The van der Waals surface area contributed by atoms with E-state index in [4.69, 9.17) is 9.47 Å². The first-order valence-corrected chi connectivity index (χ1v) is 11.7. The van der Waals surface area contributed by atoms with Gasteiger partial charge in [-0.15, -0.1) is 0 Å². The maximum absolute atomic E-state index is 13.2. The maximum atomic E-state index is 13.2. The fourth-order valence-corrected chi connectivity index (χ4v) is 4.17. The molecule has 36 heavy (non-hydrogen) atoms. The zero-order valence-corrected chi connectivity index (χ0v) is 20.8. The number of aryl methyl sites for hydroxylation is 3. The van der Waals surface area contributed by atoms with E-state index in [0.717, 1.165) is 27.2 Å². The van der Waals surface area contributed by atoms with Crippen molar-refractivity contribution in [1.82, 2.24) is 5.32 Å². The summed E-state index contributed by atoms with van der Waals surface area (Å²) in [6, 6.07) is 17.7. The summed E-state index contributed by atoms with van der Waals surface area (Å²) in [5.74, 6) is -0.393. The molecular formula is C29H28N2O5. The molecule has 1 heterocycles. The summed E-state index contributed by atoms with van der Waals surface area (Å²) >= 11 is 0. The lowest BCUT2D eigenvalue weighted by Crippen LogP contribution is -2.54. The van der Waals surface area contributed by atoms with Crippen molar-refractivity contribution in [2.75, 3.05) is 11.5 Å². The van der Waals surface area contributed by atoms with Crippen molar-refractivity contribution < 1.29 is 23.9 Å². The van der Waals surface area contributed by atoms with Gasteiger partial charge in [0.15, 0.2) is 11.5 Å². The summed E-state index contributed by atoms with van der Waals surface area (Å²) in [7, 11) is 0. The van der Waals surface area contributed by atoms with E-state index in [1.165, 1.54) is 6.08 Å². The van der Waals surface area contributed by atoms with Crippen molar-refractivity contribution in [3.63, 3.8) is 0 Å². The first-order valence-electron chi connectivity index (χ1n) is 11.7. The molecule has 1 N–H and O–H groups in total. The van der Waals surface area contributed by atoms with E-state index in [9.17, 15) is 14.4 Å². The third-order valence-corrected chi connectivity index (χ3v) is 5.71. The number of para-hydroxylation sites is 1. The average molecular weight is 485 g/mol. The first-order chi connectivity index (χ1) is 17.3. The standard InChI is InChI=1S/C29H28N2O5/c1-5-35-26-16-21(10-11-25(26)36-17-22-13-18(2)12-19(3)14-22)15-23-27(32)30-29(34)31(28(23)33)24-9-7-6-8-20(24)4/h6-16H,5,17H2,1-4H3,(H,30,32,34)/b23-15+. The molecule has 3 aromatic rings. The van der Waals surface area contributed by atoms with E-state index in [0.29, 0.717) is 36.0 Å². The van der Waals surface area contributed by atoms with Gasteiger partial charge < -0.3 is 9.47 Å². The van der Waals surface area contributed by atoms with Crippen LogP contribution in [0.1, 0.15) is 34.7 Å². The van der Waals surface area contributed by atoms with Crippen molar-refractivity contribution in [2.45, 2.75) is 34.3 Å². The molecule has 0 aromatic heterocycles. The summed E-state index contributed by atoms with van der Waals surface area (Å²) in [6.07, 6.45) is 1.45. The summed E-state index contributed by atoms with van der Waals surface area (Å²) in [5, 5.41) is 2.26. The molecule has 0 spiro atoms. The zero-order chi connectivity index (χ0) is 25.8. The predicted molar refractivity (Wildman–Crippen MR) is 138 cm³/mol. The molecule has 4 rings (SSSR count). The van der Waals surface area contributed by atoms with Crippen LogP contribution < -0.4 is 19.7 Å². The van der Waals surface area contributed by atoms with Gasteiger partial charge in [0.2, 0.25) is 0 Å². The number of hydrogen-bond acceptors (Lipinski definition) is 5. The minimum absolute atomic E-state index is 0.149. The Morgan fingerprint density at radius 1 is 0.861 bits per heavy atom. The largest absolute Gasteiger partial charge is 0.490 e. The number of hydrogen-bond donors (Lipinski definition) is 1. The lowest BCUT2D eigenvalue weighted by Gasteiger charge is -2.27. The van der Waals surface area contributed by atoms with Crippen LogP contribution in [-0.2, 0) is 16.2 Å². The number of rotatable bonds is 7. The van der Waals surface area contributed by atoms with Crippen LogP contribution in [0, 0.1) is 20.8 Å². The molecule has 0 radical (unpaired) electrons. The molecule has 0 aliphatic carbocycles. The summed E-state index contributed by atoms with van der Waals surface area (Å²) < 4.78 is 11.8. The molecule has 184 valence electrons. The van der Waals surface area contributed by atoms with E-state index < -0.39 is 17.8 Å². The van der Waals surface area contributed by atoms with Gasteiger partial charge >= 0.3 is 6.03 Å². The number of urea groups is 1. The number of carbonyl (C=O) groups is 3. The minimum atomic E-state index is -0.776. The fourth-order valence-electron chi connectivity index (χ4n) is 4.17. The van der Waals surface area contributed by atoms with Crippen molar-refractivity contribution in [3.05, 3.63) is 94.1 Å². The smallest absolute Gasteiger partial charge is 0.335 e. The van der Waals surface area contributed by atoms with Gasteiger partial charge in [0.25, 0.3) is 11.8 Å². The van der Waals surface area contributed by atoms with Gasteiger partial charge in [-0.3, -0.25) is 14.9 Å². The Balaban J connectivity index is 1.62. The number of imide groups is 2. The first kappa shape index (κ1) is 24.7. The van der Waals surface area contributed by atoms with E-state index in [1.807, 2.05) is 26.8 Å². The third-order valence-electron chi connectivity index (χ3n) is 5.71. The van der Waals surface area contributed by atoms with Crippen LogP contribution in [0.2, 0.25) is 0 Å². The summed E-state index contributed by atoms with van der Waals surface area (Å²) in [4.78, 5) is 39.3. The second-order valence-electron chi connectivity index (χ2n) is 8.67. The average Bonchev–Trinajstić information content (AvgIpc) is 2.82. The summed E-state index contributed by atoms with van der Waals surface area (Å²) in [5.41, 5.74) is 4.94. The Kier molecular flexibility index (Phi) is 7.20. The zero-order valence-electron chi connectivity index (χ0n) is 20.8. The van der Waals surface area contributed by atoms with Crippen molar-refractivity contribution >= 4 is 29.6 Å². The van der Waals surface area contributed by atoms with Crippen molar-refractivity contribution in [3.8, 4) is 11.5 Å².